The van der Waals surface area contributed by atoms with E-state index in [-0.39, 0.29) is 11.9 Å². The molecular formula is C15H17BrN4O. The number of halogens is 1. The van der Waals surface area contributed by atoms with Crippen LogP contribution in [0.2, 0.25) is 0 Å². The van der Waals surface area contributed by atoms with Crippen molar-refractivity contribution in [3.63, 3.8) is 0 Å². The van der Waals surface area contributed by atoms with Crippen molar-refractivity contribution in [2.75, 3.05) is 19.6 Å². The highest BCUT2D eigenvalue weighted by molar-refractivity contribution is 9.10. The summed E-state index contributed by atoms with van der Waals surface area (Å²) in [6.45, 7) is 3.34. The van der Waals surface area contributed by atoms with Crippen LogP contribution in [-0.4, -0.2) is 46.5 Å². The van der Waals surface area contributed by atoms with E-state index in [2.05, 4.69) is 36.1 Å². The van der Waals surface area contributed by atoms with E-state index in [0.717, 1.165) is 22.1 Å². The molecule has 3 aliphatic heterocycles. The van der Waals surface area contributed by atoms with E-state index in [9.17, 15) is 4.79 Å². The summed E-state index contributed by atoms with van der Waals surface area (Å²) in [5, 5.41) is 3.22. The van der Waals surface area contributed by atoms with Crippen LogP contribution in [0.15, 0.2) is 22.9 Å². The predicted octanol–water partition coefficient (Wildman–Crippen LogP) is 2.15. The summed E-state index contributed by atoms with van der Waals surface area (Å²) >= 11 is 3.46. The zero-order valence-corrected chi connectivity index (χ0v) is 13.2. The summed E-state index contributed by atoms with van der Waals surface area (Å²) in [7, 11) is 0. The standard InChI is InChI=1S/C15H17BrN4O/c16-10-5-11(14-12(6-10)17-8-18-14)15(21)19-13-7-20-3-1-9(13)2-4-20/h5-6,8-9,13H,1-4,7H2,(H,17,18)(H,19,21)/t13-/m1/s1. The number of nitrogens with zero attached hydrogens (tertiary/aromatic N) is 2. The minimum atomic E-state index is -0.0212. The van der Waals surface area contributed by atoms with Crippen LogP contribution in [0.1, 0.15) is 23.2 Å². The first-order valence-corrected chi connectivity index (χ1v) is 8.16. The fourth-order valence-corrected chi connectivity index (χ4v) is 4.02. The van der Waals surface area contributed by atoms with Gasteiger partial charge in [-0.2, -0.15) is 0 Å². The second-order valence-electron chi connectivity index (χ2n) is 5.97. The topological polar surface area (TPSA) is 61.0 Å². The van der Waals surface area contributed by atoms with Gasteiger partial charge in [0.15, 0.2) is 0 Å². The minimum Gasteiger partial charge on any atom is -0.348 e. The molecule has 1 aromatic carbocycles. The molecule has 5 rings (SSSR count). The smallest absolute Gasteiger partial charge is 0.253 e. The number of hydrogen-bond acceptors (Lipinski definition) is 3. The molecule has 0 aliphatic carbocycles. The minimum absolute atomic E-state index is 0.0212. The Hall–Kier alpha value is -1.40. The van der Waals surface area contributed by atoms with Gasteiger partial charge in [-0.1, -0.05) is 15.9 Å². The van der Waals surface area contributed by atoms with Crippen LogP contribution in [0, 0.1) is 5.92 Å². The number of aromatic nitrogens is 2. The fourth-order valence-electron chi connectivity index (χ4n) is 3.56. The van der Waals surface area contributed by atoms with Crippen molar-refractivity contribution < 1.29 is 4.79 Å². The third-order valence-corrected chi connectivity index (χ3v) is 5.16. The number of rotatable bonds is 2. The molecule has 3 fully saturated rings. The Morgan fingerprint density at radius 2 is 2.19 bits per heavy atom. The molecule has 0 unspecified atom stereocenters. The molecule has 2 N–H and O–H groups in total. The summed E-state index contributed by atoms with van der Waals surface area (Å²) in [5.41, 5.74) is 2.25. The van der Waals surface area contributed by atoms with Crippen molar-refractivity contribution in [3.8, 4) is 0 Å². The van der Waals surface area contributed by atoms with Crippen LogP contribution >= 0.6 is 15.9 Å². The summed E-state index contributed by atoms with van der Waals surface area (Å²) in [5.74, 6) is 0.605. The quantitative estimate of drug-likeness (QED) is 0.874. The fraction of sp³-hybridized carbons (Fsp3) is 0.467. The number of carbonyl (C=O) groups is 1. The molecule has 0 spiro atoms. The number of fused-ring (bicyclic) bond motifs is 4. The Balaban J connectivity index is 1.60. The van der Waals surface area contributed by atoms with Crippen LogP contribution in [0.3, 0.4) is 0 Å². The molecule has 0 saturated carbocycles. The van der Waals surface area contributed by atoms with Crippen molar-refractivity contribution in [2.24, 2.45) is 5.92 Å². The third-order valence-electron chi connectivity index (χ3n) is 4.71. The number of imidazole rings is 1. The average molecular weight is 349 g/mol. The highest BCUT2D eigenvalue weighted by Crippen LogP contribution is 2.28. The summed E-state index contributed by atoms with van der Waals surface area (Å²) in [6.07, 6.45) is 4.02. The maximum atomic E-state index is 12.6. The van der Waals surface area contributed by atoms with E-state index in [1.807, 2.05) is 12.1 Å². The van der Waals surface area contributed by atoms with Gasteiger partial charge in [0.05, 0.1) is 17.4 Å². The van der Waals surface area contributed by atoms with E-state index >= 15 is 0 Å². The van der Waals surface area contributed by atoms with Gasteiger partial charge in [-0.05, 0) is 44.0 Å². The Morgan fingerprint density at radius 3 is 2.90 bits per heavy atom. The van der Waals surface area contributed by atoms with Crippen LogP contribution < -0.4 is 5.32 Å². The number of aromatic amines is 1. The number of benzene rings is 1. The van der Waals surface area contributed by atoms with Gasteiger partial charge >= 0.3 is 0 Å². The second kappa shape index (κ2) is 5.10. The Labute approximate surface area is 131 Å². The van der Waals surface area contributed by atoms with Crippen LogP contribution in [0.25, 0.3) is 11.0 Å². The first-order chi connectivity index (χ1) is 10.2. The monoisotopic (exact) mass is 348 g/mol. The number of nitrogens with one attached hydrogen (secondary N) is 2. The maximum Gasteiger partial charge on any atom is 0.253 e. The van der Waals surface area contributed by atoms with E-state index in [4.69, 9.17) is 0 Å². The third kappa shape index (κ3) is 2.36. The molecule has 3 aliphatic rings. The first-order valence-electron chi connectivity index (χ1n) is 7.36. The maximum absolute atomic E-state index is 12.6. The molecule has 5 nitrogen and oxygen atoms in total. The normalized spacial score (nSPS) is 28.0. The Kier molecular flexibility index (Phi) is 3.23. The van der Waals surface area contributed by atoms with Crippen LogP contribution in [-0.2, 0) is 0 Å². The largest absolute Gasteiger partial charge is 0.348 e. The lowest BCUT2D eigenvalue weighted by molar-refractivity contribution is 0.0621. The van der Waals surface area contributed by atoms with Gasteiger partial charge in [-0.15, -0.1) is 0 Å². The molecule has 110 valence electrons. The lowest BCUT2D eigenvalue weighted by Gasteiger charge is -2.44. The van der Waals surface area contributed by atoms with Crippen molar-refractivity contribution in [1.29, 1.82) is 0 Å². The van der Waals surface area contributed by atoms with E-state index in [1.54, 1.807) is 6.33 Å². The van der Waals surface area contributed by atoms with Crippen molar-refractivity contribution in [1.82, 2.24) is 20.2 Å². The number of amides is 1. The first kappa shape index (κ1) is 13.3. The average Bonchev–Trinajstić information content (AvgIpc) is 2.95. The lowest BCUT2D eigenvalue weighted by atomic mass is 9.84. The highest BCUT2D eigenvalue weighted by atomic mass is 79.9. The Morgan fingerprint density at radius 1 is 1.38 bits per heavy atom. The number of hydrogen-bond donors (Lipinski definition) is 2. The molecule has 21 heavy (non-hydrogen) atoms. The molecule has 2 aromatic rings. The Bertz CT molecular complexity index is 690. The molecule has 0 radical (unpaired) electrons. The van der Waals surface area contributed by atoms with Gasteiger partial charge < -0.3 is 15.2 Å². The molecule has 3 saturated heterocycles. The zero-order chi connectivity index (χ0) is 14.4. The number of carbonyl (C=O) groups excluding carboxylic acids is 1. The van der Waals surface area contributed by atoms with Crippen molar-refractivity contribution in [2.45, 2.75) is 18.9 Å². The van der Waals surface area contributed by atoms with Gasteiger partial charge in [0.2, 0.25) is 0 Å². The molecular weight excluding hydrogens is 332 g/mol. The van der Waals surface area contributed by atoms with Gasteiger partial charge in [0.25, 0.3) is 5.91 Å². The SMILES string of the molecule is O=C(N[C@@H]1CN2CCC1CC2)c1cc(Br)cc2[nH]cnc12. The van der Waals surface area contributed by atoms with E-state index < -0.39 is 0 Å². The van der Waals surface area contributed by atoms with Crippen molar-refractivity contribution >= 4 is 32.9 Å². The zero-order valence-electron chi connectivity index (χ0n) is 11.6. The van der Waals surface area contributed by atoms with Gasteiger partial charge in [-0.3, -0.25) is 4.79 Å². The molecule has 2 bridgehead atoms. The van der Waals surface area contributed by atoms with Crippen LogP contribution in [0.4, 0.5) is 0 Å². The highest BCUT2D eigenvalue weighted by Gasteiger charge is 2.35. The molecule has 1 amide bonds. The molecule has 1 atom stereocenters. The van der Waals surface area contributed by atoms with Crippen molar-refractivity contribution in [3.05, 3.63) is 28.5 Å². The second-order valence-corrected chi connectivity index (χ2v) is 6.89. The van der Waals surface area contributed by atoms with Crippen LogP contribution in [0.5, 0.6) is 0 Å². The summed E-state index contributed by atoms with van der Waals surface area (Å²) < 4.78 is 0.887. The van der Waals surface area contributed by atoms with Gasteiger partial charge in [0.1, 0.15) is 5.52 Å². The summed E-state index contributed by atoms with van der Waals surface area (Å²) in [6, 6.07) is 4.06. The van der Waals surface area contributed by atoms with E-state index in [1.165, 1.54) is 25.9 Å². The van der Waals surface area contributed by atoms with Gasteiger partial charge in [0, 0.05) is 17.1 Å². The van der Waals surface area contributed by atoms with Gasteiger partial charge in [-0.25, -0.2) is 4.98 Å². The molecule has 1 aromatic heterocycles. The lowest BCUT2D eigenvalue weighted by Crippen LogP contribution is -2.57. The summed E-state index contributed by atoms with van der Waals surface area (Å²) in [4.78, 5) is 22.4. The predicted molar refractivity (Wildman–Crippen MR) is 84.2 cm³/mol. The number of piperidine rings is 3. The van der Waals surface area contributed by atoms with E-state index in [0.29, 0.717) is 11.5 Å². The number of H-pyrrole nitrogens is 1. The molecule has 4 heterocycles. The molecule has 6 heteroatoms.